The molecular formula is C14H9F3INO. The minimum Gasteiger partial charge on any atom is -0.485 e. The number of nitrogens with zero attached hydrogens (tertiary/aromatic N) is 1. The van der Waals surface area contributed by atoms with E-state index < -0.39 is 11.7 Å². The lowest BCUT2D eigenvalue weighted by molar-refractivity contribution is -0.137. The van der Waals surface area contributed by atoms with Crippen LogP contribution >= 0.6 is 22.6 Å². The van der Waals surface area contributed by atoms with Crippen molar-refractivity contribution in [1.29, 1.82) is 0 Å². The Morgan fingerprint density at radius 2 is 2.00 bits per heavy atom. The fourth-order valence-electron chi connectivity index (χ4n) is 2.05. The van der Waals surface area contributed by atoms with E-state index in [1.165, 1.54) is 6.07 Å². The first-order valence-electron chi connectivity index (χ1n) is 5.82. The molecule has 104 valence electrons. The topological polar surface area (TPSA) is 14.2 Å². The number of fused-ring (bicyclic) bond motifs is 1. The lowest BCUT2D eigenvalue weighted by Gasteiger charge is -2.18. The van der Waals surface area contributed by atoms with Gasteiger partial charge in [-0.05, 0) is 40.8 Å². The molecule has 1 aromatic heterocycles. The summed E-state index contributed by atoms with van der Waals surface area (Å²) >= 11 is 2.18. The zero-order chi connectivity index (χ0) is 14.3. The van der Waals surface area contributed by atoms with Gasteiger partial charge in [0.15, 0.2) is 0 Å². The fourth-order valence-corrected chi connectivity index (χ4v) is 2.70. The minimum atomic E-state index is -4.35. The highest BCUT2D eigenvalue weighted by atomic mass is 127. The number of benzene rings is 1. The molecule has 0 aliphatic carbocycles. The number of hydrogen-bond acceptors (Lipinski definition) is 1. The third-order valence-corrected chi connectivity index (χ3v) is 3.59. The smallest absolute Gasteiger partial charge is 0.416 e. The summed E-state index contributed by atoms with van der Waals surface area (Å²) in [5.74, 6) is 0.440. The van der Waals surface area contributed by atoms with E-state index in [0.717, 1.165) is 21.4 Å². The van der Waals surface area contributed by atoms with E-state index in [2.05, 4.69) is 22.6 Å². The number of ether oxygens (including phenoxy) is 1. The molecule has 0 fully saturated rings. The first-order valence-corrected chi connectivity index (χ1v) is 6.90. The lowest BCUT2D eigenvalue weighted by atomic mass is 10.1. The number of hydrogen-bond donors (Lipinski definition) is 0. The Kier molecular flexibility index (Phi) is 3.27. The predicted octanol–water partition coefficient (Wildman–Crippen LogP) is 4.60. The van der Waals surface area contributed by atoms with E-state index in [4.69, 9.17) is 4.74 Å². The third-order valence-electron chi connectivity index (χ3n) is 3.00. The normalized spacial score (nSPS) is 14.5. The molecule has 6 heteroatoms. The first kappa shape index (κ1) is 13.5. The Bertz CT molecular complexity index is 688. The Balaban J connectivity index is 2.00. The molecule has 0 atom stereocenters. The zero-order valence-corrected chi connectivity index (χ0v) is 12.3. The van der Waals surface area contributed by atoms with Crippen LogP contribution in [0.1, 0.15) is 16.8 Å². The summed E-state index contributed by atoms with van der Waals surface area (Å²) in [6.07, 6.45) is -0.734. The zero-order valence-electron chi connectivity index (χ0n) is 10.1. The molecule has 0 bridgehead atoms. The molecule has 0 amide bonds. The molecule has 0 radical (unpaired) electrons. The highest BCUT2D eigenvalue weighted by Gasteiger charge is 2.30. The molecule has 2 aromatic rings. The minimum absolute atomic E-state index is 0.352. The second-order valence-corrected chi connectivity index (χ2v) is 5.66. The molecular weight excluding hydrogens is 382 g/mol. The number of alkyl halides is 3. The van der Waals surface area contributed by atoms with Crippen LogP contribution in [-0.2, 0) is 17.5 Å². The van der Waals surface area contributed by atoms with Crippen LogP contribution in [0.25, 0.3) is 12.0 Å². The van der Waals surface area contributed by atoms with E-state index in [1.54, 1.807) is 12.3 Å². The van der Waals surface area contributed by atoms with Gasteiger partial charge in [0.2, 0.25) is 0 Å². The molecule has 1 aliphatic heterocycles. The van der Waals surface area contributed by atoms with Gasteiger partial charge >= 0.3 is 6.18 Å². The van der Waals surface area contributed by atoms with Gasteiger partial charge in [-0.25, -0.2) is 0 Å². The third kappa shape index (κ3) is 2.56. The van der Waals surface area contributed by atoms with Crippen molar-refractivity contribution < 1.29 is 17.9 Å². The van der Waals surface area contributed by atoms with Gasteiger partial charge in [0.1, 0.15) is 12.4 Å². The van der Waals surface area contributed by atoms with Crippen molar-refractivity contribution >= 4 is 34.5 Å². The van der Waals surface area contributed by atoms with Crippen LogP contribution in [0.2, 0.25) is 0 Å². The lowest BCUT2D eigenvalue weighted by Crippen LogP contribution is -2.08. The van der Waals surface area contributed by atoms with Crippen molar-refractivity contribution in [1.82, 2.24) is 4.57 Å². The molecule has 2 heterocycles. The van der Waals surface area contributed by atoms with Gasteiger partial charge in [-0.2, -0.15) is 13.2 Å². The van der Waals surface area contributed by atoms with Crippen molar-refractivity contribution in [2.45, 2.75) is 12.8 Å². The van der Waals surface area contributed by atoms with E-state index in [-0.39, 0.29) is 0 Å². The van der Waals surface area contributed by atoms with Crippen molar-refractivity contribution in [3.8, 4) is 0 Å². The van der Waals surface area contributed by atoms with Crippen molar-refractivity contribution in [3.63, 3.8) is 0 Å². The molecule has 2 nitrogen and oxygen atoms in total. The maximum Gasteiger partial charge on any atom is 0.416 e. The summed E-state index contributed by atoms with van der Waals surface area (Å²) in [7, 11) is 0. The summed E-state index contributed by atoms with van der Waals surface area (Å²) in [5.41, 5.74) is 0.728. The molecule has 20 heavy (non-hydrogen) atoms. The SMILES string of the molecule is FC(F)(F)c1cccc(C2=Cn3cc(I)cc3CO2)c1. The molecule has 0 spiro atoms. The molecule has 1 aliphatic rings. The van der Waals surface area contributed by atoms with Crippen LogP contribution < -0.4 is 0 Å². The Morgan fingerprint density at radius 3 is 2.75 bits per heavy atom. The Labute approximate surface area is 127 Å². The summed E-state index contributed by atoms with van der Waals surface area (Å²) in [5, 5.41) is 0. The van der Waals surface area contributed by atoms with E-state index in [0.29, 0.717) is 17.9 Å². The van der Waals surface area contributed by atoms with Crippen LogP contribution in [0.5, 0.6) is 0 Å². The van der Waals surface area contributed by atoms with Crippen LogP contribution in [0.15, 0.2) is 36.5 Å². The second-order valence-electron chi connectivity index (χ2n) is 4.42. The van der Waals surface area contributed by atoms with E-state index in [9.17, 15) is 13.2 Å². The van der Waals surface area contributed by atoms with Crippen LogP contribution in [0, 0.1) is 3.57 Å². The average Bonchev–Trinajstić information content (AvgIpc) is 2.77. The largest absolute Gasteiger partial charge is 0.485 e. The van der Waals surface area contributed by atoms with Gasteiger partial charge in [0.25, 0.3) is 0 Å². The van der Waals surface area contributed by atoms with E-state index >= 15 is 0 Å². The van der Waals surface area contributed by atoms with Gasteiger partial charge in [-0.1, -0.05) is 12.1 Å². The standard InChI is InChI=1S/C14H9F3INO/c15-14(16,17)10-3-1-2-9(4-10)13-7-19-6-11(18)5-12(19)8-20-13/h1-7H,8H2. The summed E-state index contributed by atoms with van der Waals surface area (Å²) in [4.78, 5) is 0. The number of aromatic nitrogens is 1. The molecule has 0 saturated heterocycles. The Hall–Kier alpha value is -1.44. The van der Waals surface area contributed by atoms with Gasteiger partial charge < -0.3 is 9.30 Å². The molecule has 0 saturated carbocycles. The van der Waals surface area contributed by atoms with Gasteiger partial charge in [-0.15, -0.1) is 0 Å². The maximum absolute atomic E-state index is 12.7. The average molecular weight is 391 g/mol. The van der Waals surface area contributed by atoms with Gasteiger partial charge in [0.05, 0.1) is 17.5 Å². The van der Waals surface area contributed by atoms with Crippen LogP contribution in [0.3, 0.4) is 0 Å². The van der Waals surface area contributed by atoms with Crippen molar-refractivity contribution in [2.75, 3.05) is 0 Å². The number of rotatable bonds is 1. The van der Waals surface area contributed by atoms with Crippen molar-refractivity contribution in [3.05, 3.63) is 56.9 Å². The predicted molar refractivity (Wildman–Crippen MR) is 77.5 cm³/mol. The highest BCUT2D eigenvalue weighted by molar-refractivity contribution is 14.1. The monoisotopic (exact) mass is 391 g/mol. The second kappa shape index (κ2) is 4.83. The molecule has 0 N–H and O–H groups in total. The summed E-state index contributed by atoms with van der Waals surface area (Å²) in [6, 6.07) is 7.13. The molecule has 0 unspecified atom stereocenters. The molecule has 1 aromatic carbocycles. The number of halogens is 4. The van der Waals surface area contributed by atoms with Crippen LogP contribution in [0.4, 0.5) is 13.2 Å². The van der Waals surface area contributed by atoms with Crippen molar-refractivity contribution in [2.24, 2.45) is 0 Å². The Morgan fingerprint density at radius 1 is 1.20 bits per heavy atom. The maximum atomic E-state index is 12.7. The summed E-state index contributed by atoms with van der Waals surface area (Å²) < 4.78 is 46.6. The fraction of sp³-hybridized carbons (Fsp3) is 0.143. The van der Waals surface area contributed by atoms with Gasteiger partial charge in [0, 0.05) is 15.3 Å². The highest BCUT2D eigenvalue weighted by Crippen LogP contribution is 2.32. The quantitative estimate of drug-likeness (QED) is 0.649. The summed E-state index contributed by atoms with van der Waals surface area (Å²) in [6.45, 7) is 0.352. The first-order chi connectivity index (χ1) is 9.43. The van der Waals surface area contributed by atoms with Gasteiger partial charge in [-0.3, -0.25) is 0 Å². The van der Waals surface area contributed by atoms with Crippen LogP contribution in [-0.4, -0.2) is 4.57 Å². The molecule has 3 rings (SSSR count). The van der Waals surface area contributed by atoms with E-state index in [1.807, 2.05) is 16.8 Å².